The van der Waals surface area contributed by atoms with Crippen LogP contribution in [0.25, 0.3) is 0 Å². The van der Waals surface area contributed by atoms with Crippen molar-refractivity contribution < 1.29 is 9.53 Å². The number of nitrogens with zero attached hydrogens (tertiary/aromatic N) is 2. The van der Waals surface area contributed by atoms with Gasteiger partial charge >= 0.3 is 5.97 Å². The van der Waals surface area contributed by atoms with E-state index in [-0.39, 0.29) is 11.4 Å². The lowest BCUT2D eigenvalue weighted by molar-refractivity contribution is -0.143. The largest absolute Gasteiger partial charge is 0.466 e. The van der Waals surface area contributed by atoms with Gasteiger partial charge < -0.3 is 4.74 Å². The molecule has 0 saturated heterocycles. The van der Waals surface area contributed by atoms with Crippen LogP contribution in [0.4, 0.5) is 5.82 Å². The van der Waals surface area contributed by atoms with Crippen molar-refractivity contribution in [3.05, 3.63) is 17.8 Å². The Kier molecular flexibility index (Phi) is 5.04. The van der Waals surface area contributed by atoms with Gasteiger partial charge in [-0.15, -0.1) is 11.8 Å². The number of thioether (sulfide) groups is 1. The molecule has 1 aromatic heterocycles. The average Bonchev–Trinajstić information content (AvgIpc) is 2.66. The van der Waals surface area contributed by atoms with E-state index in [4.69, 9.17) is 4.74 Å². The van der Waals surface area contributed by atoms with Gasteiger partial charge in [0.25, 0.3) is 0 Å². The van der Waals surface area contributed by atoms with Crippen LogP contribution >= 0.6 is 11.8 Å². The Hall–Kier alpha value is -1.36. The summed E-state index contributed by atoms with van der Waals surface area (Å²) >= 11 is 1.73. The van der Waals surface area contributed by atoms with Crippen molar-refractivity contribution in [3.63, 3.8) is 0 Å². The highest BCUT2D eigenvalue weighted by atomic mass is 32.2. The van der Waals surface area contributed by atoms with E-state index < -0.39 is 0 Å². The first-order valence-corrected chi connectivity index (χ1v) is 8.28. The second kappa shape index (κ2) is 6.60. The summed E-state index contributed by atoms with van der Waals surface area (Å²) in [6, 6.07) is 2.18. The van der Waals surface area contributed by atoms with Crippen LogP contribution in [0.2, 0.25) is 0 Å². The number of carbonyl (C=O) groups is 1. The van der Waals surface area contributed by atoms with Crippen molar-refractivity contribution >= 4 is 29.3 Å². The zero-order valence-corrected chi connectivity index (χ0v) is 13.9. The van der Waals surface area contributed by atoms with E-state index in [0.717, 1.165) is 28.6 Å². The molecule has 114 valence electrons. The summed E-state index contributed by atoms with van der Waals surface area (Å²) in [4.78, 5) is 21.4. The van der Waals surface area contributed by atoms with E-state index in [2.05, 4.69) is 29.9 Å². The van der Waals surface area contributed by atoms with Gasteiger partial charge in [0.15, 0.2) is 5.82 Å². The number of rotatable bonds is 6. The summed E-state index contributed by atoms with van der Waals surface area (Å²) in [6.07, 6.45) is 3.17. The topological polar surface area (TPSA) is 51.5 Å². The summed E-state index contributed by atoms with van der Waals surface area (Å²) < 4.78 is 4.92. The Balaban J connectivity index is 1.90. The van der Waals surface area contributed by atoms with Crippen molar-refractivity contribution in [1.82, 2.24) is 4.98 Å². The van der Waals surface area contributed by atoms with Crippen molar-refractivity contribution in [2.45, 2.75) is 50.8 Å². The highest BCUT2D eigenvalue weighted by Crippen LogP contribution is 2.40. The first kappa shape index (κ1) is 16.0. The van der Waals surface area contributed by atoms with Gasteiger partial charge in [-0.05, 0) is 32.1 Å². The monoisotopic (exact) mass is 306 g/mol. The molecule has 0 unspecified atom stereocenters. The Morgan fingerprint density at radius 2 is 2.19 bits per heavy atom. The number of carbonyl (C=O) groups excluding carboxylic acids is 1. The van der Waals surface area contributed by atoms with Gasteiger partial charge in [0.05, 0.1) is 6.61 Å². The fourth-order valence-electron chi connectivity index (χ4n) is 2.20. The molecular weight excluding hydrogens is 284 g/mol. The molecule has 2 rings (SSSR count). The number of ether oxygens (including phenoxy) is 1. The molecule has 2 heterocycles. The fraction of sp³-hybridized carbons (Fsp3) is 0.562. The summed E-state index contributed by atoms with van der Waals surface area (Å²) in [6.45, 7) is 8.68. The molecule has 1 aliphatic heterocycles. The minimum atomic E-state index is -0.115. The third kappa shape index (κ3) is 3.64. The molecule has 0 aliphatic carbocycles. The third-order valence-corrected chi connectivity index (χ3v) is 4.84. The molecule has 21 heavy (non-hydrogen) atoms. The van der Waals surface area contributed by atoms with Crippen LogP contribution in [-0.4, -0.2) is 29.0 Å². The molecule has 0 bridgehead atoms. The normalized spacial score (nSPS) is 15.5. The summed E-state index contributed by atoms with van der Waals surface area (Å²) in [7, 11) is 0. The van der Waals surface area contributed by atoms with Gasteiger partial charge in [-0.2, -0.15) is 0 Å². The van der Waals surface area contributed by atoms with Gasteiger partial charge in [0.2, 0.25) is 0 Å². The molecule has 0 spiro atoms. The van der Waals surface area contributed by atoms with Gasteiger partial charge in [0, 0.05) is 34.2 Å². The molecule has 0 atom stereocenters. The summed E-state index contributed by atoms with van der Waals surface area (Å²) in [5.41, 5.74) is 2.26. The van der Waals surface area contributed by atoms with Crippen LogP contribution in [0, 0.1) is 0 Å². The molecule has 0 aromatic carbocycles. The van der Waals surface area contributed by atoms with E-state index >= 15 is 0 Å². The number of hydrogen-bond donors (Lipinski definition) is 0. The molecule has 0 N–H and O–H groups in total. The standard InChI is InChI=1S/C16H22N2O2S/c1-5-20-14(19)7-6-8-21-12-9-13-15(17-10-12)18-11(2)16(13,3)4/h9-10H,5-8H2,1-4H3. The van der Waals surface area contributed by atoms with Crippen molar-refractivity contribution in [2.24, 2.45) is 4.99 Å². The first-order chi connectivity index (χ1) is 9.95. The highest BCUT2D eigenvalue weighted by molar-refractivity contribution is 7.99. The Labute approximate surface area is 130 Å². The molecule has 0 amide bonds. The first-order valence-electron chi connectivity index (χ1n) is 7.30. The number of aliphatic imine (C=N–C) groups is 1. The SMILES string of the molecule is CCOC(=O)CCCSc1cnc2c(c1)C(C)(C)C(C)=N2. The second-order valence-corrected chi connectivity index (χ2v) is 6.79. The van der Waals surface area contributed by atoms with E-state index in [0.29, 0.717) is 13.0 Å². The van der Waals surface area contributed by atoms with E-state index in [9.17, 15) is 4.79 Å². The van der Waals surface area contributed by atoms with E-state index in [1.54, 1.807) is 11.8 Å². The number of pyridine rings is 1. The zero-order valence-electron chi connectivity index (χ0n) is 13.1. The van der Waals surface area contributed by atoms with Crippen LogP contribution in [0.1, 0.15) is 46.1 Å². The maximum atomic E-state index is 11.3. The molecule has 0 radical (unpaired) electrons. The highest BCUT2D eigenvalue weighted by Gasteiger charge is 2.33. The van der Waals surface area contributed by atoms with Crippen LogP contribution in [0.5, 0.6) is 0 Å². The van der Waals surface area contributed by atoms with Crippen molar-refractivity contribution in [3.8, 4) is 0 Å². The molecule has 0 saturated carbocycles. The Morgan fingerprint density at radius 1 is 1.43 bits per heavy atom. The zero-order chi connectivity index (χ0) is 15.5. The third-order valence-electron chi connectivity index (χ3n) is 3.79. The van der Waals surface area contributed by atoms with Crippen molar-refractivity contribution in [1.29, 1.82) is 0 Å². The summed E-state index contributed by atoms with van der Waals surface area (Å²) in [5, 5.41) is 0. The number of aromatic nitrogens is 1. The van der Waals surface area contributed by atoms with Gasteiger partial charge in [-0.1, -0.05) is 13.8 Å². The number of fused-ring (bicyclic) bond motifs is 1. The van der Waals surface area contributed by atoms with Crippen LogP contribution in [0.3, 0.4) is 0 Å². The fourth-order valence-corrected chi connectivity index (χ4v) is 3.05. The lowest BCUT2D eigenvalue weighted by Gasteiger charge is -2.19. The van der Waals surface area contributed by atoms with Gasteiger partial charge in [-0.25, -0.2) is 9.98 Å². The lowest BCUT2D eigenvalue weighted by atomic mass is 9.83. The van der Waals surface area contributed by atoms with Gasteiger partial charge in [0.1, 0.15) is 0 Å². The van der Waals surface area contributed by atoms with Crippen LogP contribution < -0.4 is 0 Å². The van der Waals surface area contributed by atoms with Gasteiger partial charge in [-0.3, -0.25) is 4.79 Å². The summed E-state index contributed by atoms with van der Waals surface area (Å²) in [5.74, 6) is 1.61. The molecule has 0 fully saturated rings. The number of esters is 1. The molecule has 4 nitrogen and oxygen atoms in total. The average molecular weight is 306 g/mol. The molecular formula is C16H22N2O2S. The van der Waals surface area contributed by atoms with Crippen LogP contribution in [-0.2, 0) is 14.9 Å². The predicted molar refractivity (Wildman–Crippen MR) is 86.6 cm³/mol. The molecule has 5 heteroatoms. The minimum absolute atomic E-state index is 0.0379. The smallest absolute Gasteiger partial charge is 0.305 e. The number of hydrogen-bond acceptors (Lipinski definition) is 5. The molecule has 1 aromatic rings. The second-order valence-electron chi connectivity index (χ2n) is 5.62. The van der Waals surface area contributed by atoms with Crippen molar-refractivity contribution in [2.75, 3.05) is 12.4 Å². The van der Waals surface area contributed by atoms with Crippen LogP contribution in [0.15, 0.2) is 22.2 Å². The Morgan fingerprint density at radius 3 is 2.90 bits per heavy atom. The molecule has 1 aliphatic rings. The predicted octanol–water partition coefficient (Wildman–Crippen LogP) is 3.90. The Bertz CT molecular complexity index is 567. The minimum Gasteiger partial charge on any atom is -0.466 e. The maximum Gasteiger partial charge on any atom is 0.305 e. The van der Waals surface area contributed by atoms with E-state index in [1.165, 1.54) is 5.56 Å². The quantitative estimate of drug-likeness (QED) is 0.454. The maximum absolute atomic E-state index is 11.3. The lowest BCUT2D eigenvalue weighted by Crippen LogP contribution is -2.22. The van der Waals surface area contributed by atoms with E-state index in [1.807, 2.05) is 20.0 Å².